The highest BCUT2D eigenvalue weighted by molar-refractivity contribution is 7.10. The topological polar surface area (TPSA) is 66.4 Å². The lowest BCUT2D eigenvalue weighted by Crippen LogP contribution is -2.30. The zero-order valence-electron chi connectivity index (χ0n) is 6.82. The number of thiophene rings is 1. The van der Waals surface area contributed by atoms with E-state index in [-0.39, 0.29) is 18.9 Å². The second kappa shape index (κ2) is 4.61. The van der Waals surface area contributed by atoms with Crippen molar-refractivity contribution < 1.29 is 14.7 Å². The number of rotatable bonds is 4. The van der Waals surface area contributed by atoms with Gasteiger partial charge < -0.3 is 10.4 Å². The van der Waals surface area contributed by atoms with Crippen molar-refractivity contribution >= 4 is 23.2 Å². The van der Waals surface area contributed by atoms with Crippen molar-refractivity contribution in [3.63, 3.8) is 0 Å². The Morgan fingerprint density at radius 2 is 2.31 bits per heavy atom. The number of carboxylic acid groups (broad SMARTS) is 1. The van der Waals surface area contributed by atoms with E-state index >= 15 is 0 Å². The third kappa shape index (κ3) is 3.71. The van der Waals surface area contributed by atoms with Crippen molar-refractivity contribution in [2.45, 2.75) is 6.42 Å². The normalized spacial score (nSPS) is 9.54. The van der Waals surface area contributed by atoms with Gasteiger partial charge in [0.25, 0.3) is 0 Å². The van der Waals surface area contributed by atoms with E-state index in [0.717, 1.165) is 4.88 Å². The van der Waals surface area contributed by atoms with E-state index in [1.807, 2.05) is 17.5 Å². The van der Waals surface area contributed by atoms with E-state index in [1.54, 1.807) is 0 Å². The third-order valence-electron chi connectivity index (χ3n) is 1.35. The van der Waals surface area contributed by atoms with E-state index in [0.29, 0.717) is 0 Å². The molecule has 0 aliphatic heterocycles. The highest BCUT2D eigenvalue weighted by Gasteiger charge is 2.04. The Hall–Kier alpha value is -1.36. The molecule has 1 aromatic heterocycles. The SMILES string of the molecule is O=C(O)CNC(=O)Cc1cccs1. The first-order valence-corrected chi connectivity index (χ1v) is 4.57. The molecule has 5 heteroatoms. The van der Waals surface area contributed by atoms with Gasteiger partial charge in [-0.3, -0.25) is 9.59 Å². The average Bonchev–Trinajstić information content (AvgIpc) is 2.53. The maximum Gasteiger partial charge on any atom is 0.322 e. The molecule has 0 saturated carbocycles. The van der Waals surface area contributed by atoms with Crippen LogP contribution in [0.15, 0.2) is 17.5 Å². The minimum Gasteiger partial charge on any atom is -0.480 e. The van der Waals surface area contributed by atoms with Crippen LogP contribution in [0, 0.1) is 0 Å². The van der Waals surface area contributed by atoms with Gasteiger partial charge in [-0.15, -0.1) is 11.3 Å². The highest BCUT2D eigenvalue weighted by Crippen LogP contribution is 2.08. The monoisotopic (exact) mass is 199 g/mol. The Kier molecular flexibility index (Phi) is 3.45. The lowest BCUT2D eigenvalue weighted by atomic mass is 10.3. The van der Waals surface area contributed by atoms with Gasteiger partial charge in [-0.25, -0.2) is 0 Å². The number of hydrogen-bond acceptors (Lipinski definition) is 3. The smallest absolute Gasteiger partial charge is 0.322 e. The molecule has 1 rings (SSSR count). The summed E-state index contributed by atoms with van der Waals surface area (Å²) < 4.78 is 0. The first-order valence-electron chi connectivity index (χ1n) is 3.69. The molecule has 1 amide bonds. The minimum absolute atomic E-state index is 0.255. The second-order valence-electron chi connectivity index (χ2n) is 2.43. The molecule has 4 nitrogen and oxygen atoms in total. The van der Waals surface area contributed by atoms with Gasteiger partial charge in [0.05, 0.1) is 6.42 Å². The Balaban J connectivity index is 2.30. The van der Waals surface area contributed by atoms with Gasteiger partial charge >= 0.3 is 5.97 Å². The Labute approximate surface area is 79.2 Å². The summed E-state index contributed by atoms with van der Waals surface area (Å²) in [4.78, 5) is 22.1. The summed E-state index contributed by atoms with van der Waals surface area (Å²) in [6.07, 6.45) is 0.255. The molecule has 0 saturated heterocycles. The molecule has 0 bridgehead atoms. The van der Waals surface area contributed by atoms with E-state index in [1.165, 1.54) is 11.3 Å². The van der Waals surface area contributed by atoms with Gasteiger partial charge in [0.15, 0.2) is 0 Å². The Morgan fingerprint density at radius 3 is 2.85 bits per heavy atom. The molecule has 0 fully saturated rings. The molecular formula is C8H9NO3S. The van der Waals surface area contributed by atoms with Gasteiger partial charge in [-0.05, 0) is 11.4 Å². The fraction of sp³-hybridized carbons (Fsp3) is 0.250. The number of hydrogen-bond donors (Lipinski definition) is 2. The molecule has 0 spiro atoms. The van der Waals surface area contributed by atoms with Crippen LogP contribution in [0.5, 0.6) is 0 Å². The fourth-order valence-electron chi connectivity index (χ4n) is 0.808. The number of amides is 1. The predicted octanol–water partition coefficient (Wildman–Crippen LogP) is 0.491. The minimum atomic E-state index is -1.03. The molecule has 1 heterocycles. The van der Waals surface area contributed by atoms with E-state index in [4.69, 9.17) is 5.11 Å². The van der Waals surface area contributed by atoms with Crippen LogP contribution in [0.4, 0.5) is 0 Å². The van der Waals surface area contributed by atoms with Gasteiger partial charge in [0.1, 0.15) is 6.54 Å². The van der Waals surface area contributed by atoms with E-state index < -0.39 is 5.97 Å². The van der Waals surface area contributed by atoms with Crippen molar-refractivity contribution in [2.24, 2.45) is 0 Å². The summed E-state index contributed by atoms with van der Waals surface area (Å²) in [6.45, 7) is -0.315. The van der Waals surface area contributed by atoms with Crippen LogP contribution in [-0.4, -0.2) is 23.5 Å². The standard InChI is InChI=1S/C8H9NO3S/c10-7(9-5-8(11)12)4-6-2-1-3-13-6/h1-3H,4-5H2,(H,9,10)(H,11,12). The first-order chi connectivity index (χ1) is 6.18. The van der Waals surface area contributed by atoms with Gasteiger partial charge in [-0.1, -0.05) is 6.07 Å². The molecule has 0 aliphatic rings. The largest absolute Gasteiger partial charge is 0.480 e. The fourth-order valence-corrected chi connectivity index (χ4v) is 1.51. The van der Waals surface area contributed by atoms with Crippen molar-refractivity contribution in [1.29, 1.82) is 0 Å². The Morgan fingerprint density at radius 1 is 1.54 bits per heavy atom. The van der Waals surface area contributed by atoms with Crippen LogP contribution in [-0.2, 0) is 16.0 Å². The van der Waals surface area contributed by atoms with Crippen LogP contribution in [0.1, 0.15) is 4.88 Å². The molecule has 0 aliphatic carbocycles. The lowest BCUT2D eigenvalue weighted by Gasteiger charge is -1.99. The molecule has 70 valence electrons. The zero-order valence-corrected chi connectivity index (χ0v) is 7.63. The predicted molar refractivity (Wildman–Crippen MR) is 48.7 cm³/mol. The summed E-state index contributed by atoms with van der Waals surface area (Å²) in [7, 11) is 0. The number of carbonyl (C=O) groups excluding carboxylic acids is 1. The third-order valence-corrected chi connectivity index (χ3v) is 2.23. The molecule has 0 radical (unpaired) electrons. The molecule has 2 N–H and O–H groups in total. The summed E-state index contributed by atoms with van der Waals surface area (Å²) in [6, 6.07) is 3.69. The van der Waals surface area contributed by atoms with Crippen molar-refractivity contribution in [1.82, 2.24) is 5.32 Å². The van der Waals surface area contributed by atoms with Crippen molar-refractivity contribution in [2.75, 3.05) is 6.54 Å². The lowest BCUT2D eigenvalue weighted by molar-refractivity contribution is -0.137. The first kappa shape index (κ1) is 9.73. The number of aliphatic carboxylic acids is 1. The van der Waals surface area contributed by atoms with Crippen LogP contribution in [0.3, 0.4) is 0 Å². The molecular weight excluding hydrogens is 190 g/mol. The van der Waals surface area contributed by atoms with Crippen LogP contribution in [0.25, 0.3) is 0 Å². The van der Waals surface area contributed by atoms with Gasteiger partial charge in [0, 0.05) is 4.88 Å². The van der Waals surface area contributed by atoms with Crippen LogP contribution < -0.4 is 5.32 Å². The van der Waals surface area contributed by atoms with Crippen molar-refractivity contribution in [3.05, 3.63) is 22.4 Å². The van der Waals surface area contributed by atoms with E-state index in [9.17, 15) is 9.59 Å². The van der Waals surface area contributed by atoms with E-state index in [2.05, 4.69) is 5.32 Å². The number of carbonyl (C=O) groups is 2. The van der Waals surface area contributed by atoms with Crippen LogP contribution in [0.2, 0.25) is 0 Å². The summed E-state index contributed by atoms with van der Waals surface area (Å²) in [5.41, 5.74) is 0. The van der Waals surface area contributed by atoms with Gasteiger partial charge in [0.2, 0.25) is 5.91 Å². The van der Waals surface area contributed by atoms with Crippen LogP contribution >= 0.6 is 11.3 Å². The molecule has 0 aromatic carbocycles. The highest BCUT2D eigenvalue weighted by atomic mass is 32.1. The molecule has 0 atom stereocenters. The molecule has 1 aromatic rings. The molecule has 13 heavy (non-hydrogen) atoms. The maximum absolute atomic E-state index is 11.0. The van der Waals surface area contributed by atoms with Gasteiger partial charge in [-0.2, -0.15) is 0 Å². The zero-order chi connectivity index (χ0) is 9.68. The Bertz CT molecular complexity index is 294. The maximum atomic E-state index is 11.0. The number of carboxylic acids is 1. The van der Waals surface area contributed by atoms with Crippen molar-refractivity contribution in [3.8, 4) is 0 Å². The quantitative estimate of drug-likeness (QED) is 0.741. The summed E-state index contributed by atoms with van der Waals surface area (Å²) in [5.74, 6) is -1.29. The number of nitrogens with one attached hydrogen (secondary N) is 1. The molecule has 0 unspecified atom stereocenters. The second-order valence-corrected chi connectivity index (χ2v) is 3.46. The summed E-state index contributed by atoms with van der Waals surface area (Å²) >= 11 is 1.48. The summed E-state index contributed by atoms with van der Waals surface area (Å²) in [5, 5.41) is 12.4. The average molecular weight is 199 g/mol.